The number of carbonyl (C=O) groups excluding carboxylic acids is 1. The van der Waals surface area contributed by atoms with Gasteiger partial charge in [0.15, 0.2) is 0 Å². The molecule has 1 saturated heterocycles. The Kier molecular flexibility index (Phi) is 5.11. The Morgan fingerprint density at radius 3 is 2.81 bits per heavy atom. The summed E-state index contributed by atoms with van der Waals surface area (Å²) in [4.78, 5) is 24.8. The SMILES string of the molecule is O=C(Cc1ccc(F)c(Br)c1)N1CCCN(c2nc3ccccc3[nH]2)CC1. The van der Waals surface area contributed by atoms with Crippen LogP contribution >= 0.6 is 15.9 Å². The third kappa shape index (κ3) is 3.98. The maximum Gasteiger partial charge on any atom is 0.227 e. The Morgan fingerprint density at radius 2 is 2.00 bits per heavy atom. The summed E-state index contributed by atoms with van der Waals surface area (Å²) in [6.07, 6.45) is 1.17. The molecule has 1 aliphatic rings. The van der Waals surface area contributed by atoms with Gasteiger partial charge in [-0.3, -0.25) is 4.79 Å². The summed E-state index contributed by atoms with van der Waals surface area (Å²) in [5.74, 6) is 0.607. The predicted octanol–water partition coefficient (Wildman–Crippen LogP) is 3.75. The van der Waals surface area contributed by atoms with Crippen LogP contribution in [0.3, 0.4) is 0 Å². The zero-order valence-corrected chi connectivity index (χ0v) is 16.4. The molecule has 1 amide bonds. The molecular formula is C20H20BrFN4O. The molecule has 1 aromatic heterocycles. The average molecular weight is 431 g/mol. The number of nitrogens with one attached hydrogen (secondary N) is 1. The molecule has 1 N–H and O–H groups in total. The second kappa shape index (κ2) is 7.68. The van der Waals surface area contributed by atoms with E-state index in [4.69, 9.17) is 0 Å². The second-order valence-corrected chi connectivity index (χ2v) is 7.58. The number of imidazole rings is 1. The molecule has 0 saturated carbocycles. The number of halogens is 2. The smallest absolute Gasteiger partial charge is 0.227 e. The van der Waals surface area contributed by atoms with Gasteiger partial charge in [-0.25, -0.2) is 9.37 Å². The van der Waals surface area contributed by atoms with Crippen LogP contribution in [0.15, 0.2) is 46.9 Å². The van der Waals surface area contributed by atoms with E-state index in [1.165, 1.54) is 6.07 Å². The minimum absolute atomic E-state index is 0.0694. The van der Waals surface area contributed by atoms with Gasteiger partial charge in [0.2, 0.25) is 11.9 Å². The monoisotopic (exact) mass is 430 g/mol. The number of hydrogen-bond acceptors (Lipinski definition) is 3. The summed E-state index contributed by atoms with van der Waals surface area (Å²) >= 11 is 3.18. The summed E-state index contributed by atoms with van der Waals surface area (Å²) in [5.41, 5.74) is 2.78. The van der Waals surface area contributed by atoms with Crippen LogP contribution in [0.5, 0.6) is 0 Å². The molecular weight excluding hydrogens is 411 g/mol. The number of hydrogen-bond donors (Lipinski definition) is 1. The van der Waals surface area contributed by atoms with E-state index >= 15 is 0 Å². The highest BCUT2D eigenvalue weighted by atomic mass is 79.9. The molecule has 1 aliphatic heterocycles. The standard InChI is InChI=1S/C20H20BrFN4O/c21-15-12-14(6-7-16(15)22)13-19(27)25-8-3-9-26(11-10-25)20-23-17-4-1-2-5-18(17)24-20/h1-2,4-7,12H,3,8-11,13H2,(H,23,24). The van der Waals surface area contributed by atoms with Crippen LogP contribution < -0.4 is 4.90 Å². The Labute approximate surface area is 165 Å². The number of anilines is 1. The number of rotatable bonds is 3. The third-order valence-electron chi connectivity index (χ3n) is 4.86. The number of aromatic amines is 1. The minimum Gasteiger partial charge on any atom is -0.341 e. The molecule has 0 aliphatic carbocycles. The Bertz CT molecular complexity index is 941. The van der Waals surface area contributed by atoms with Gasteiger partial charge in [-0.05, 0) is 52.2 Å². The molecule has 1 fully saturated rings. The molecule has 0 spiro atoms. The lowest BCUT2D eigenvalue weighted by Crippen LogP contribution is -2.36. The van der Waals surface area contributed by atoms with Crippen molar-refractivity contribution >= 4 is 38.8 Å². The summed E-state index contributed by atoms with van der Waals surface area (Å²) in [6.45, 7) is 2.96. The number of amides is 1. The number of H-pyrrole nitrogens is 1. The van der Waals surface area contributed by atoms with Gasteiger partial charge < -0.3 is 14.8 Å². The fourth-order valence-corrected chi connectivity index (χ4v) is 3.83. The maximum absolute atomic E-state index is 13.4. The predicted molar refractivity (Wildman–Crippen MR) is 107 cm³/mol. The minimum atomic E-state index is -0.317. The Hall–Kier alpha value is -2.41. The first-order chi connectivity index (χ1) is 13.1. The van der Waals surface area contributed by atoms with Crippen LogP contribution in [-0.4, -0.2) is 47.0 Å². The molecule has 3 aromatic rings. The normalized spacial score (nSPS) is 15.2. The summed E-state index contributed by atoms with van der Waals surface area (Å²) in [6, 6.07) is 12.7. The zero-order chi connectivity index (χ0) is 18.8. The van der Waals surface area contributed by atoms with Crippen LogP contribution in [0.2, 0.25) is 0 Å². The molecule has 4 rings (SSSR count). The molecule has 5 nitrogen and oxygen atoms in total. The lowest BCUT2D eigenvalue weighted by molar-refractivity contribution is -0.130. The fourth-order valence-electron chi connectivity index (χ4n) is 3.40. The first-order valence-electron chi connectivity index (χ1n) is 9.01. The lowest BCUT2D eigenvalue weighted by atomic mass is 10.1. The van der Waals surface area contributed by atoms with E-state index in [0.29, 0.717) is 11.0 Å². The van der Waals surface area contributed by atoms with E-state index in [2.05, 4.69) is 30.8 Å². The van der Waals surface area contributed by atoms with Crippen LogP contribution in [0, 0.1) is 5.82 Å². The highest BCUT2D eigenvalue weighted by Crippen LogP contribution is 2.20. The van der Waals surface area contributed by atoms with Crippen molar-refractivity contribution in [2.75, 3.05) is 31.1 Å². The van der Waals surface area contributed by atoms with Crippen LogP contribution in [0.25, 0.3) is 11.0 Å². The molecule has 27 heavy (non-hydrogen) atoms. The van der Waals surface area contributed by atoms with Crippen molar-refractivity contribution in [2.24, 2.45) is 0 Å². The van der Waals surface area contributed by atoms with Gasteiger partial charge in [0, 0.05) is 26.2 Å². The second-order valence-electron chi connectivity index (χ2n) is 6.72. The molecule has 2 heterocycles. The van der Waals surface area contributed by atoms with Crippen LogP contribution in [-0.2, 0) is 11.2 Å². The van der Waals surface area contributed by atoms with Crippen molar-refractivity contribution in [1.82, 2.24) is 14.9 Å². The molecule has 0 atom stereocenters. The van der Waals surface area contributed by atoms with Crippen molar-refractivity contribution < 1.29 is 9.18 Å². The number of nitrogens with zero attached hydrogens (tertiary/aromatic N) is 3. The molecule has 7 heteroatoms. The molecule has 2 aromatic carbocycles. The van der Waals surface area contributed by atoms with Crippen molar-refractivity contribution in [3.63, 3.8) is 0 Å². The van der Waals surface area contributed by atoms with Crippen LogP contribution in [0.4, 0.5) is 10.3 Å². The lowest BCUT2D eigenvalue weighted by Gasteiger charge is -2.22. The van der Waals surface area contributed by atoms with Gasteiger partial charge in [-0.2, -0.15) is 0 Å². The zero-order valence-electron chi connectivity index (χ0n) is 14.8. The molecule has 140 valence electrons. The van der Waals surface area contributed by atoms with Gasteiger partial charge >= 0.3 is 0 Å². The van der Waals surface area contributed by atoms with Gasteiger partial charge in [-0.1, -0.05) is 18.2 Å². The molecule has 0 radical (unpaired) electrons. The van der Waals surface area contributed by atoms with E-state index in [0.717, 1.165) is 48.6 Å². The summed E-state index contributed by atoms with van der Waals surface area (Å²) in [7, 11) is 0. The van der Waals surface area contributed by atoms with Gasteiger partial charge in [0.05, 0.1) is 21.9 Å². The van der Waals surface area contributed by atoms with Crippen molar-refractivity contribution in [3.05, 3.63) is 58.3 Å². The number of fused-ring (bicyclic) bond motifs is 1. The van der Waals surface area contributed by atoms with Crippen LogP contribution in [0.1, 0.15) is 12.0 Å². The number of benzene rings is 2. The fraction of sp³-hybridized carbons (Fsp3) is 0.300. The van der Waals surface area contributed by atoms with Gasteiger partial charge in [0.25, 0.3) is 0 Å². The number of carbonyl (C=O) groups is 1. The molecule has 0 unspecified atom stereocenters. The first kappa shape index (κ1) is 18.0. The largest absolute Gasteiger partial charge is 0.341 e. The van der Waals surface area contributed by atoms with Crippen molar-refractivity contribution in [1.29, 1.82) is 0 Å². The first-order valence-corrected chi connectivity index (χ1v) is 9.81. The highest BCUT2D eigenvalue weighted by Gasteiger charge is 2.21. The van der Waals surface area contributed by atoms with Crippen molar-refractivity contribution in [2.45, 2.75) is 12.8 Å². The van der Waals surface area contributed by atoms with Gasteiger partial charge in [-0.15, -0.1) is 0 Å². The van der Waals surface area contributed by atoms with E-state index in [9.17, 15) is 9.18 Å². The third-order valence-corrected chi connectivity index (χ3v) is 5.47. The topological polar surface area (TPSA) is 52.2 Å². The summed E-state index contributed by atoms with van der Waals surface area (Å²) in [5, 5.41) is 0. The maximum atomic E-state index is 13.4. The number of para-hydroxylation sites is 2. The highest BCUT2D eigenvalue weighted by molar-refractivity contribution is 9.10. The quantitative estimate of drug-likeness (QED) is 0.688. The van der Waals surface area contributed by atoms with Crippen molar-refractivity contribution in [3.8, 4) is 0 Å². The average Bonchev–Trinajstić information content (AvgIpc) is 2.93. The Balaban J connectivity index is 1.41. The van der Waals surface area contributed by atoms with Gasteiger partial charge in [0.1, 0.15) is 5.82 Å². The van der Waals surface area contributed by atoms with E-state index < -0.39 is 0 Å². The molecule has 0 bridgehead atoms. The van der Waals surface area contributed by atoms with E-state index in [1.54, 1.807) is 12.1 Å². The summed E-state index contributed by atoms with van der Waals surface area (Å²) < 4.78 is 13.8. The Morgan fingerprint density at radius 1 is 1.15 bits per heavy atom. The van der Waals surface area contributed by atoms with E-state index in [-0.39, 0.29) is 18.1 Å². The number of aromatic nitrogens is 2. The van der Waals surface area contributed by atoms with E-state index in [1.807, 2.05) is 29.2 Å².